The fourth-order valence-electron chi connectivity index (χ4n) is 2.91. The Labute approximate surface area is 173 Å². The second kappa shape index (κ2) is 8.89. The van der Waals surface area contributed by atoms with Crippen LogP contribution in [-0.4, -0.2) is 37.7 Å². The molecule has 0 radical (unpaired) electrons. The molecule has 6 nitrogen and oxygen atoms in total. The van der Waals surface area contributed by atoms with Crippen LogP contribution in [0.5, 0.6) is 5.75 Å². The summed E-state index contributed by atoms with van der Waals surface area (Å²) < 4.78 is 7.14. The number of benzene rings is 2. The standard InChI is InChI=1S/C22H20N4O2S/c1-28-18-12-10-16(11-13-18)20(27)15-29-22-25-24-21(19-9-5-6-14-23-19)26(22)17-7-3-2-4-8-17/h2-14,20,27H,15H2,1H3. The van der Waals surface area contributed by atoms with Crippen molar-refractivity contribution < 1.29 is 9.84 Å². The van der Waals surface area contributed by atoms with Crippen molar-refractivity contribution in [2.45, 2.75) is 11.3 Å². The lowest BCUT2D eigenvalue weighted by Gasteiger charge is -2.13. The molecule has 0 aliphatic rings. The third-order valence-corrected chi connectivity index (χ3v) is 5.42. The Morgan fingerprint density at radius 2 is 1.72 bits per heavy atom. The maximum atomic E-state index is 10.6. The topological polar surface area (TPSA) is 73.1 Å². The first kappa shape index (κ1) is 19.2. The monoisotopic (exact) mass is 404 g/mol. The molecule has 2 aromatic heterocycles. The van der Waals surface area contributed by atoms with Gasteiger partial charge in [0.05, 0.1) is 13.2 Å². The first-order valence-electron chi connectivity index (χ1n) is 9.13. The van der Waals surface area contributed by atoms with Gasteiger partial charge < -0.3 is 9.84 Å². The average molecular weight is 404 g/mol. The van der Waals surface area contributed by atoms with E-state index in [1.165, 1.54) is 11.8 Å². The second-order valence-electron chi connectivity index (χ2n) is 6.29. The summed E-state index contributed by atoms with van der Waals surface area (Å²) in [6.45, 7) is 0. The van der Waals surface area contributed by atoms with Gasteiger partial charge in [0.25, 0.3) is 0 Å². The molecule has 0 aliphatic heterocycles. The van der Waals surface area contributed by atoms with Gasteiger partial charge in [-0.05, 0) is 42.0 Å². The highest BCUT2D eigenvalue weighted by Crippen LogP contribution is 2.30. The van der Waals surface area contributed by atoms with E-state index in [9.17, 15) is 5.11 Å². The zero-order valence-electron chi connectivity index (χ0n) is 15.8. The highest BCUT2D eigenvalue weighted by molar-refractivity contribution is 7.99. The Balaban J connectivity index is 1.61. The second-order valence-corrected chi connectivity index (χ2v) is 7.28. The third kappa shape index (κ3) is 4.31. The number of aliphatic hydroxyl groups is 1. The van der Waals surface area contributed by atoms with Crippen molar-refractivity contribution in [2.24, 2.45) is 0 Å². The van der Waals surface area contributed by atoms with Gasteiger partial charge in [-0.3, -0.25) is 9.55 Å². The van der Waals surface area contributed by atoms with Crippen molar-refractivity contribution >= 4 is 11.8 Å². The SMILES string of the molecule is COc1ccc(C(O)CSc2nnc(-c3ccccn3)n2-c2ccccc2)cc1. The molecule has 1 atom stereocenters. The van der Waals surface area contributed by atoms with Crippen molar-refractivity contribution in [3.05, 3.63) is 84.6 Å². The molecule has 7 heteroatoms. The van der Waals surface area contributed by atoms with E-state index in [4.69, 9.17) is 4.74 Å². The summed E-state index contributed by atoms with van der Waals surface area (Å²) in [5.41, 5.74) is 2.51. The van der Waals surface area contributed by atoms with Crippen LogP contribution in [0.2, 0.25) is 0 Å². The average Bonchev–Trinajstić information content (AvgIpc) is 3.22. The van der Waals surface area contributed by atoms with E-state index in [2.05, 4.69) is 15.2 Å². The van der Waals surface area contributed by atoms with E-state index < -0.39 is 6.10 Å². The van der Waals surface area contributed by atoms with Gasteiger partial charge in [0, 0.05) is 17.6 Å². The van der Waals surface area contributed by atoms with Crippen LogP contribution in [0.15, 0.2) is 84.1 Å². The Morgan fingerprint density at radius 1 is 0.966 bits per heavy atom. The highest BCUT2D eigenvalue weighted by atomic mass is 32.2. The fourth-order valence-corrected chi connectivity index (χ4v) is 3.83. The van der Waals surface area contributed by atoms with Crippen LogP contribution < -0.4 is 4.74 Å². The summed E-state index contributed by atoms with van der Waals surface area (Å²) >= 11 is 1.45. The number of thioether (sulfide) groups is 1. The lowest BCUT2D eigenvalue weighted by Crippen LogP contribution is -2.04. The number of hydrogen-bond acceptors (Lipinski definition) is 6. The summed E-state index contributed by atoms with van der Waals surface area (Å²) in [5, 5.41) is 20.0. The zero-order valence-corrected chi connectivity index (χ0v) is 16.7. The van der Waals surface area contributed by atoms with E-state index in [0.717, 1.165) is 22.7 Å². The number of rotatable bonds is 7. The van der Waals surface area contributed by atoms with Crippen molar-refractivity contribution in [1.29, 1.82) is 0 Å². The maximum Gasteiger partial charge on any atom is 0.196 e. The molecular weight excluding hydrogens is 384 g/mol. The lowest BCUT2D eigenvalue weighted by atomic mass is 10.1. The molecule has 4 aromatic rings. The van der Waals surface area contributed by atoms with E-state index in [1.54, 1.807) is 13.3 Å². The smallest absolute Gasteiger partial charge is 0.196 e. The van der Waals surface area contributed by atoms with E-state index in [1.807, 2.05) is 77.4 Å². The summed E-state index contributed by atoms with van der Waals surface area (Å²) in [4.78, 5) is 4.41. The minimum absolute atomic E-state index is 0.444. The molecule has 4 rings (SSSR count). The largest absolute Gasteiger partial charge is 0.497 e. The number of pyridine rings is 1. The Bertz CT molecular complexity index is 1050. The number of aliphatic hydroxyl groups excluding tert-OH is 1. The first-order chi connectivity index (χ1) is 14.3. The predicted octanol–water partition coefficient (Wildman–Crippen LogP) is 4.16. The van der Waals surface area contributed by atoms with Crippen molar-refractivity contribution in [3.8, 4) is 23.0 Å². The highest BCUT2D eigenvalue weighted by Gasteiger charge is 2.18. The molecule has 0 spiro atoms. The zero-order chi connectivity index (χ0) is 20.1. The summed E-state index contributed by atoms with van der Waals surface area (Å²) in [7, 11) is 1.62. The van der Waals surface area contributed by atoms with Gasteiger partial charge in [0.1, 0.15) is 11.4 Å². The van der Waals surface area contributed by atoms with Crippen LogP contribution in [0.25, 0.3) is 17.2 Å². The molecule has 0 bridgehead atoms. The number of hydrogen-bond donors (Lipinski definition) is 1. The molecule has 0 fully saturated rings. The van der Waals surface area contributed by atoms with Gasteiger partial charge in [0.2, 0.25) is 0 Å². The molecule has 0 saturated heterocycles. The fraction of sp³-hybridized carbons (Fsp3) is 0.136. The van der Waals surface area contributed by atoms with Crippen LogP contribution >= 0.6 is 11.8 Å². The van der Waals surface area contributed by atoms with Crippen LogP contribution in [0, 0.1) is 0 Å². The molecular formula is C22H20N4O2S. The molecule has 1 unspecified atom stereocenters. The summed E-state index contributed by atoms with van der Waals surface area (Å²) in [6, 6.07) is 23.0. The third-order valence-electron chi connectivity index (χ3n) is 4.41. The molecule has 1 N–H and O–H groups in total. The minimum Gasteiger partial charge on any atom is -0.497 e. The van der Waals surface area contributed by atoms with Crippen LogP contribution in [0.3, 0.4) is 0 Å². The van der Waals surface area contributed by atoms with Gasteiger partial charge in [-0.1, -0.05) is 48.2 Å². The van der Waals surface area contributed by atoms with Crippen molar-refractivity contribution in [2.75, 3.05) is 12.9 Å². The van der Waals surface area contributed by atoms with Crippen molar-refractivity contribution in [3.63, 3.8) is 0 Å². The maximum absolute atomic E-state index is 10.6. The molecule has 0 amide bonds. The molecule has 146 valence electrons. The Hall–Kier alpha value is -3.16. The minimum atomic E-state index is -0.634. The predicted molar refractivity (Wildman–Crippen MR) is 113 cm³/mol. The van der Waals surface area contributed by atoms with Gasteiger partial charge in [-0.25, -0.2) is 0 Å². The normalized spacial score (nSPS) is 11.9. The molecule has 29 heavy (non-hydrogen) atoms. The van der Waals surface area contributed by atoms with Gasteiger partial charge >= 0.3 is 0 Å². The Kier molecular flexibility index (Phi) is 5.88. The van der Waals surface area contributed by atoms with E-state index in [-0.39, 0.29) is 0 Å². The quantitative estimate of drug-likeness (QED) is 0.466. The van der Waals surface area contributed by atoms with E-state index >= 15 is 0 Å². The van der Waals surface area contributed by atoms with Gasteiger partial charge in [0.15, 0.2) is 11.0 Å². The molecule has 0 saturated carbocycles. The number of nitrogens with zero attached hydrogens (tertiary/aromatic N) is 4. The lowest BCUT2D eigenvalue weighted by molar-refractivity contribution is 0.204. The number of ether oxygens (including phenoxy) is 1. The van der Waals surface area contributed by atoms with Gasteiger partial charge in [-0.15, -0.1) is 10.2 Å². The van der Waals surface area contributed by atoms with Crippen molar-refractivity contribution in [1.82, 2.24) is 19.7 Å². The van der Waals surface area contributed by atoms with Crippen LogP contribution in [-0.2, 0) is 0 Å². The molecule has 0 aliphatic carbocycles. The number of para-hydroxylation sites is 1. The molecule has 2 heterocycles. The summed E-state index contributed by atoms with van der Waals surface area (Å²) in [6.07, 6.45) is 1.10. The number of aromatic nitrogens is 4. The first-order valence-corrected chi connectivity index (χ1v) is 10.1. The van der Waals surface area contributed by atoms with Crippen LogP contribution in [0.1, 0.15) is 11.7 Å². The van der Waals surface area contributed by atoms with Gasteiger partial charge in [-0.2, -0.15) is 0 Å². The Morgan fingerprint density at radius 3 is 2.41 bits per heavy atom. The number of methoxy groups -OCH3 is 1. The van der Waals surface area contributed by atoms with Crippen LogP contribution in [0.4, 0.5) is 0 Å². The molecule has 2 aromatic carbocycles. The summed E-state index contributed by atoms with van der Waals surface area (Å²) in [5.74, 6) is 1.87. The van der Waals surface area contributed by atoms with E-state index in [0.29, 0.717) is 16.7 Å².